The lowest BCUT2D eigenvalue weighted by molar-refractivity contribution is 0.305. The van der Waals surface area contributed by atoms with E-state index in [1.54, 1.807) is 0 Å². The van der Waals surface area contributed by atoms with Crippen LogP contribution in [-0.4, -0.2) is 35.2 Å². The number of anilines is 1. The smallest absolute Gasteiger partial charge is 0.117 e. The lowest BCUT2D eigenvalue weighted by Gasteiger charge is -2.35. The summed E-state index contributed by atoms with van der Waals surface area (Å²) in [5, 5.41) is 21.2. The Morgan fingerprint density at radius 3 is 2.39 bits per heavy atom. The van der Waals surface area contributed by atoms with Gasteiger partial charge in [-0.05, 0) is 36.1 Å². The third kappa shape index (κ3) is 3.25. The van der Waals surface area contributed by atoms with Crippen LogP contribution >= 0.6 is 0 Å². The maximum atomic E-state index is 9.67. The minimum Gasteiger partial charge on any atom is -0.411 e. The van der Waals surface area contributed by atoms with Crippen molar-refractivity contribution in [2.24, 2.45) is 11.1 Å². The number of hydrogen-bond acceptors (Lipinski definition) is 4. The average Bonchev–Trinajstić information content (AvgIpc) is 3.19. The van der Waals surface area contributed by atoms with Crippen molar-refractivity contribution in [2.45, 2.75) is 31.1 Å². The second-order valence-electron chi connectivity index (χ2n) is 8.87. The molecule has 1 aromatic heterocycles. The minimum atomic E-state index is -0.282. The molecule has 5 heteroatoms. The van der Waals surface area contributed by atoms with Crippen LogP contribution in [0.5, 0.6) is 0 Å². The lowest BCUT2D eigenvalue weighted by atomic mass is 9.68. The Bertz CT molecular complexity index is 1120. The van der Waals surface area contributed by atoms with Gasteiger partial charge in [0, 0.05) is 48.8 Å². The zero-order chi connectivity index (χ0) is 21.4. The predicted molar refractivity (Wildman–Crippen MR) is 125 cm³/mol. The number of rotatable bonds is 5. The van der Waals surface area contributed by atoms with Crippen molar-refractivity contribution in [3.8, 4) is 0 Å². The van der Waals surface area contributed by atoms with Crippen LogP contribution in [0, 0.1) is 5.92 Å². The number of nitrogens with one attached hydrogen (secondary N) is 1. The molecule has 0 aliphatic heterocycles. The normalized spacial score (nSPS) is 20.9. The van der Waals surface area contributed by atoms with Crippen molar-refractivity contribution in [3.05, 3.63) is 88.8 Å². The first-order valence-corrected chi connectivity index (χ1v) is 10.9. The van der Waals surface area contributed by atoms with Crippen molar-refractivity contribution in [1.82, 2.24) is 10.2 Å². The summed E-state index contributed by atoms with van der Waals surface area (Å²) in [5.41, 5.74) is 7.04. The van der Waals surface area contributed by atoms with E-state index in [1.165, 1.54) is 23.2 Å². The van der Waals surface area contributed by atoms with Gasteiger partial charge in [-0.25, -0.2) is 0 Å². The molecule has 0 bridgehead atoms. The molecule has 31 heavy (non-hydrogen) atoms. The Morgan fingerprint density at radius 2 is 1.77 bits per heavy atom. The van der Waals surface area contributed by atoms with E-state index in [2.05, 4.69) is 101 Å². The van der Waals surface area contributed by atoms with Gasteiger partial charge in [0.15, 0.2) is 0 Å². The van der Waals surface area contributed by atoms with E-state index in [9.17, 15) is 5.21 Å². The fourth-order valence-electron chi connectivity index (χ4n) is 4.82. The molecule has 1 heterocycles. The number of aromatic amines is 1. The van der Waals surface area contributed by atoms with Gasteiger partial charge in [0.05, 0.1) is 0 Å². The first-order valence-electron chi connectivity index (χ1n) is 10.9. The van der Waals surface area contributed by atoms with Gasteiger partial charge < -0.3 is 10.1 Å². The van der Waals surface area contributed by atoms with Crippen molar-refractivity contribution in [3.63, 3.8) is 0 Å². The van der Waals surface area contributed by atoms with E-state index >= 15 is 0 Å². The lowest BCUT2D eigenvalue weighted by Crippen LogP contribution is -2.31. The molecular formula is C26H28N4O. The molecule has 3 aromatic rings. The van der Waals surface area contributed by atoms with E-state index in [1.807, 2.05) is 0 Å². The quantitative estimate of drug-likeness (QED) is 0.352. The molecule has 1 fully saturated rings. The Labute approximate surface area is 183 Å². The Kier molecular flexibility index (Phi) is 4.89. The van der Waals surface area contributed by atoms with Crippen LogP contribution in [-0.2, 0) is 11.8 Å². The van der Waals surface area contributed by atoms with Crippen LogP contribution < -0.4 is 4.90 Å². The number of benzene rings is 2. The molecule has 0 saturated heterocycles. The van der Waals surface area contributed by atoms with Crippen LogP contribution in [0.2, 0.25) is 0 Å². The first-order chi connectivity index (χ1) is 15.1. The van der Waals surface area contributed by atoms with Crippen molar-refractivity contribution in [2.75, 3.05) is 19.0 Å². The maximum Gasteiger partial charge on any atom is 0.117 e. The van der Waals surface area contributed by atoms with E-state index in [-0.39, 0.29) is 5.41 Å². The third-order valence-corrected chi connectivity index (χ3v) is 6.90. The van der Waals surface area contributed by atoms with Crippen LogP contribution in [0.4, 0.5) is 5.69 Å². The van der Waals surface area contributed by atoms with E-state index in [4.69, 9.17) is 0 Å². The summed E-state index contributed by atoms with van der Waals surface area (Å²) in [6, 6.07) is 19.4. The maximum absolute atomic E-state index is 9.67. The molecule has 2 aliphatic carbocycles. The topological polar surface area (TPSA) is 64.5 Å². The van der Waals surface area contributed by atoms with Crippen molar-refractivity contribution < 1.29 is 5.21 Å². The van der Waals surface area contributed by atoms with Crippen molar-refractivity contribution >= 4 is 17.5 Å². The second-order valence-corrected chi connectivity index (χ2v) is 8.87. The van der Waals surface area contributed by atoms with Crippen LogP contribution in [0.25, 0.3) is 6.08 Å². The molecule has 2 aromatic carbocycles. The fraction of sp³-hybridized carbons (Fsp3) is 0.308. The number of hydrogen-bond donors (Lipinski definition) is 2. The molecule has 0 radical (unpaired) electrons. The summed E-state index contributed by atoms with van der Waals surface area (Å²) in [6.45, 7) is 0. The number of nitrogens with zero attached hydrogens (tertiary/aromatic N) is 3. The molecule has 1 unspecified atom stereocenters. The Balaban J connectivity index is 1.59. The average molecular weight is 413 g/mol. The van der Waals surface area contributed by atoms with E-state index in [0.29, 0.717) is 5.92 Å². The van der Waals surface area contributed by atoms with Gasteiger partial charge in [0.1, 0.15) is 11.4 Å². The zero-order valence-electron chi connectivity index (χ0n) is 18.0. The summed E-state index contributed by atoms with van der Waals surface area (Å²) >= 11 is 0. The molecule has 0 amide bonds. The molecule has 1 atom stereocenters. The number of H-pyrrole nitrogens is 1. The van der Waals surface area contributed by atoms with Gasteiger partial charge in [0.2, 0.25) is 0 Å². The Hall–Kier alpha value is -3.34. The molecule has 5 rings (SSSR count). The number of oxime groups is 1. The zero-order valence-corrected chi connectivity index (χ0v) is 18.0. The number of fused-ring (bicyclic) bond motifs is 1. The highest BCUT2D eigenvalue weighted by Crippen LogP contribution is 2.43. The molecule has 1 saturated carbocycles. The summed E-state index contributed by atoms with van der Waals surface area (Å²) in [6.07, 6.45) is 8.55. The second kappa shape index (κ2) is 7.73. The van der Waals surface area contributed by atoms with E-state index in [0.717, 1.165) is 41.9 Å². The third-order valence-electron chi connectivity index (χ3n) is 6.90. The molecular weight excluding hydrogens is 384 g/mol. The minimum absolute atomic E-state index is 0.282. The van der Waals surface area contributed by atoms with Gasteiger partial charge in [0.25, 0.3) is 0 Å². The van der Waals surface area contributed by atoms with Gasteiger partial charge in [-0.3, -0.25) is 5.10 Å². The standard InChI is InChI=1S/C26H28N4O/c1-30(2)21-13-11-20(12-14-21)26(19-9-4-3-5-10-19)16-15-22-23(17-26)27-28-25(22)24(29-31)18-7-6-8-18/h3-5,9-16,18,31H,6-8,17H2,1-2H3,(H,27,28)/b29-24+. The molecule has 5 nitrogen and oxygen atoms in total. The van der Waals surface area contributed by atoms with Gasteiger partial charge in [-0.15, -0.1) is 0 Å². The monoisotopic (exact) mass is 412 g/mol. The molecule has 2 N–H and O–H groups in total. The first kappa shape index (κ1) is 19.6. The van der Waals surface area contributed by atoms with Gasteiger partial charge in [-0.1, -0.05) is 66.2 Å². The number of aromatic nitrogens is 2. The largest absolute Gasteiger partial charge is 0.411 e. The summed E-state index contributed by atoms with van der Waals surface area (Å²) in [7, 11) is 4.12. The summed E-state index contributed by atoms with van der Waals surface area (Å²) in [4.78, 5) is 2.12. The summed E-state index contributed by atoms with van der Waals surface area (Å²) in [5.74, 6) is 0.310. The highest BCUT2D eigenvalue weighted by atomic mass is 16.4. The Morgan fingerprint density at radius 1 is 1.06 bits per heavy atom. The van der Waals surface area contributed by atoms with Gasteiger partial charge >= 0.3 is 0 Å². The predicted octanol–water partition coefficient (Wildman–Crippen LogP) is 5.01. The highest BCUT2D eigenvalue weighted by molar-refractivity contribution is 6.04. The molecule has 158 valence electrons. The van der Waals surface area contributed by atoms with Crippen LogP contribution in [0.1, 0.15) is 47.3 Å². The molecule has 0 spiro atoms. The summed E-state index contributed by atoms with van der Waals surface area (Å²) < 4.78 is 0. The van der Waals surface area contributed by atoms with Crippen LogP contribution in [0.15, 0.2) is 65.8 Å². The SMILES string of the molecule is CN(C)c1ccc(C2(c3ccccc3)C=Cc3c(/C(=N/O)C4CCC4)n[nH]c3C2)cc1. The highest BCUT2D eigenvalue weighted by Gasteiger charge is 2.38. The van der Waals surface area contributed by atoms with Crippen LogP contribution in [0.3, 0.4) is 0 Å². The number of allylic oxidation sites excluding steroid dienone is 1. The molecule has 2 aliphatic rings. The van der Waals surface area contributed by atoms with Gasteiger partial charge in [-0.2, -0.15) is 5.10 Å². The van der Waals surface area contributed by atoms with Crippen molar-refractivity contribution in [1.29, 1.82) is 0 Å². The van der Waals surface area contributed by atoms with E-state index < -0.39 is 0 Å². The fourth-order valence-corrected chi connectivity index (χ4v) is 4.82.